The van der Waals surface area contributed by atoms with Gasteiger partial charge in [-0.3, -0.25) is 0 Å². The standard InChI is InChI=1S/2C23H19F3N6O/c2*1-13-11-31(12-27-13)18-7-3-14(28-23(18)33-2)4-8-19-29-22-16(9-10-32(22)30-19)15-5-6-17(24)21(26)20(15)25/h2*3-8,11-12,16H,9-10H2,1-2H3/b2*8-4+/t2*16-/m10/s1. The largest absolute Gasteiger partial charge is 0.479 e. The first kappa shape index (κ1) is 43.4. The Morgan fingerprint density at radius 3 is 1.33 bits per heavy atom. The average molecular weight is 905 g/mol. The number of fused-ring (bicyclic) bond motifs is 2. The molecule has 336 valence electrons. The van der Waals surface area contributed by atoms with Gasteiger partial charge in [0.15, 0.2) is 46.6 Å². The summed E-state index contributed by atoms with van der Waals surface area (Å²) in [6.45, 7) is 4.80. The third kappa shape index (κ3) is 8.43. The number of rotatable bonds is 10. The van der Waals surface area contributed by atoms with Crippen molar-refractivity contribution in [3.63, 3.8) is 0 Å². The molecule has 8 heterocycles. The molecule has 0 N–H and O–H groups in total. The van der Waals surface area contributed by atoms with Crippen molar-refractivity contribution in [3.05, 3.63) is 166 Å². The van der Waals surface area contributed by atoms with Crippen LogP contribution in [0.5, 0.6) is 11.8 Å². The van der Waals surface area contributed by atoms with E-state index in [1.165, 1.54) is 12.1 Å². The van der Waals surface area contributed by atoms with Gasteiger partial charge in [0.1, 0.15) is 23.0 Å². The summed E-state index contributed by atoms with van der Waals surface area (Å²) in [7, 11) is 3.09. The van der Waals surface area contributed by atoms with Crippen LogP contribution in [0.3, 0.4) is 0 Å². The summed E-state index contributed by atoms with van der Waals surface area (Å²) in [6, 6.07) is 11.8. The first-order valence-electron chi connectivity index (χ1n) is 20.5. The van der Waals surface area contributed by atoms with Gasteiger partial charge in [-0.05, 0) is 87.4 Å². The van der Waals surface area contributed by atoms with Gasteiger partial charge in [0.2, 0.25) is 11.8 Å². The highest BCUT2D eigenvalue weighted by molar-refractivity contribution is 5.67. The SMILES string of the molecule is COc1nc(/C=C/c2nc3n(n2)CC[C@@H]3c2ccc(F)c(F)c2F)ccc1-n1cnc(C)c1.COc1nc(/C=C/c2nc3n(n2)CC[C@H]3c2ccc(F)c(F)c2F)ccc1-n1cnc(C)c1. The lowest BCUT2D eigenvalue weighted by Gasteiger charge is -2.10. The second-order valence-electron chi connectivity index (χ2n) is 15.4. The Bertz CT molecular complexity index is 2960. The normalized spacial score (nSPS) is 15.4. The number of aryl methyl sites for hydroxylation is 4. The summed E-state index contributed by atoms with van der Waals surface area (Å²) in [6.07, 6.45) is 15.0. The molecule has 6 aromatic heterocycles. The van der Waals surface area contributed by atoms with Crippen molar-refractivity contribution in [2.45, 2.75) is 51.6 Å². The molecule has 0 spiro atoms. The van der Waals surface area contributed by atoms with Gasteiger partial charge in [-0.15, -0.1) is 0 Å². The third-order valence-corrected chi connectivity index (χ3v) is 11.1. The Kier molecular flexibility index (Phi) is 11.8. The fourth-order valence-corrected chi connectivity index (χ4v) is 7.90. The number of methoxy groups -OCH3 is 2. The monoisotopic (exact) mass is 904 g/mol. The number of benzene rings is 2. The second kappa shape index (κ2) is 17.9. The molecule has 2 aliphatic rings. The lowest BCUT2D eigenvalue weighted by Crippen LogP contribution is -2.05. The Morgan fingerprint density at radius 2 is 0.955 bits per heavy atom. The minimum absolute atomic E-state index is 0.0762. The van der Waals surface area contributed by atoms with E-state index in [4.69, 9.17) is 9.47 Å². The van der Waals surface area contributed by atoms with Gasteiger partial charge < -0.3 is 18.6 Å². The zero-order valence-corrected chi connectivity index (χ0v) is 35.7. The molecule has 0 bridgehead atoms. The van der Waals surface area contributed by atoms with Crippen molar-refractivity contribution in [2.75, 3.05) is 14.2 Å². The van der Waals surface area contributed by atoms with E-state index in [-0.39, 0.29) is 11.1 Å². The quantitative estimate of drug-likeness (QED) is 0.0968. The van der Waals surface area contributed by atoms with Gasteiger partial charge in [-0.1, -0.05) is 12.1 Å². The maximum absolute atomic E-state index is 14.3. The predicted octanol–water partition coefficient (Wildman–Crippen LogP) is 8.60. The number of hydrogen-bond acceptors (Lipinski definition) is 10. The Balaban J connectivity index is 0.000000166. The number of pyridine rings is 2. The fraction of sp³-hybridized carbons (Fsp3) is 0.217. The molecule has 2 aliphatic heterocycles. The van der Waals surface area contributed by atoms with Gasteiger partial charge in [-0.25, -0.2) is 65.6 Å². The van der Waals surface area contributed by atoms with Crippen LogP contribution in [0.1, 0.15) is 81.9 Å². The maximum Gasteiger partial charge on any atom is 0.238 e. The highest BCUT2D eigenvalue weighted by atomic mass is 19.2. The molecular formula is C46H38F6N12O2. The van der Waals surface area contributed by atoms with Crippen LogP contribution in [0.2, 0.25) is 0 Å². The van der Waals surface area contributed by atoms with Gasteiger partial charge in [0.25, 0.3) is 0 Å². The van der Waals surface area contributed by atoms with Gasteiger partial charge >= 0.3 is 0 Å². The molecule has 2 aromatic carbocycles. The van der Waals surface area contributed by atoms with E-state index in [0.717, 1.165) is 34.9 Å². The van der Waals surface area contributed by atoms with E-state index < -0.39 is 46.7 Å². The van der Waals surface area contributed by atoms with Gasteiger partial charge in [0, 0.05) is 48.4 Å². The maximum atomic E-state index is 14.3. The van der Waals surface area contributed by atoms with E-state index in [2.05, 4.69) is 40.1 Å². The van der Waals surface area contributed by atoms with E-state index in [0.29, 0.717) is 72.4 Å². The molecule has 2 atom stereocenters. The summed E-state index contributed by atoms with van der Waals surface area (Å²) in [5, 5.41) is 8.84. The molecule has 0 aliphatic carbocycles. The predicted molar refractivity (Wildman–Crippen MR) is 229 cm³/mol. The summed E-state index contributed by atoms with van der Waals surface area (Å²) < 4.78 is 100. The zero-order chi connectivity index (χ0) is 46.2. The van der Waals surface area contributed by atoms with Crippen molar-refractivity contribution in [2.24, 2.45) is 0 Å². The Labute approximate surface area is 372 Å². The zero-order valence-electron chi connectivity index (χ0n) is 35.7. The number of ether oxygens (including phenoxy) is 2. The second-order valence-corrected chi connectivity index (χ2v) is 15.4. The lowest BCUT2D eigenvalue weighted by molar-refractivity contribution is 0.395. The van der Waals surface area contributed by atoms with Crippen LogP contribution in [0.4, 0.5) is 26.3 Å². The summed E-state index contributed by atoms with van der Waals surface area (Å²) in [5.41, 5.74) is 4.68. The van der Waals surface area contributed by atoms with Gasteiger partial charge in [0.05, 0.1) is 49.6 Å². The van der Waals surface area contributed by atoms with Crippen LogP contribution in [0.25, 0.3) is 35.7 Å². The van der Waals surface area contributed by atoms with E-state index in [1.54, 1.807) is 60.5 Å². The molecule has 10 rings (SSSR count). The van der Waals surface area contributed by atoms with Crippen molar-refractivity contribution >= 4 is 24.3 Å². The summed E-state index contributed by atoms with van der Waals surface area (Å²) in [5.74, 6) is -6.01. The van der Waals surface area contributed by atoms with E-state index in [9.17, 15) is 26.3 Å². The summed E-state index contributed by atoms with van der Waals surface area (Å²) in [4.78, 5) is 26.4. The molecule has 0 saturated carbocycles. The van der Waals surface area contributed by atoms with Crippen molar-refractivity contribution in [1.29, 1.82) is 0 Å². The summed E-state index contributed by atoms with van der Waals surface area (Å²) >= 11 is 0. The number of halogens is 6. The fourth-order valence-electron chi connectivity index (χ4n) is 7.90. The van der Waals surface area contributed by atoms with Crippen LogP contribution in [0.15, 0.2) is 73.6 Å². The van der Waals surface area contributed by atoms with Crippen molar-refractivity contribution < 1.29 is 35.8 Å². The van der Waals surface area contributed by atoms with Crippen molar-refractivity contribution in [1.82, 2.24) is 58.6 Å². The smallest absolute Gasteiger partial charge is 0.238 e. The van der Waals surface area contributed by atoms with Gasteiger partial charge in [-0.2, -0.15) is 10.2 Å². The van der Waals surface area contributed by atoms with E-state index >= 15 is 0 Å². The average Bonchev–Trinajstić information content (AvgIpc) is 4.20. The Hall–Kier alpha value is -7.90. The molecular weight excluding hydrogens is 867 g/mol. The molecule has 0 unspecified atom stereocenters. The number of imidazole rings is 2. The van der Waals surface area contributed by atoms with Crippen LogP contribution < -0.4 is 9.47 Å². The molecule has 0 amide bonds. The lowest BCUT2D eigenvalue weighted by atomic mass is 9.96. The molecule has 0 saturated heterocycles. The van der Waals surface area contributed by atoms with Crippen LogP contribution in [-0.4, -0.2) is 72.8 Å². The van der Waals surface area contributed by atoms with Crippen LogP contribution >= 0.6 is 0 Å². The molecule has 0 fully saturated rings. The topological polar surface area (TPSA) is 141 Å². The minimum atomic E-state index is -1.47. The highest BCUT2D eigenvalue weighted by Gasteiger charge is 2.33. The molecule has 0 radical (unpaired) electrons. The first-order valence-corrected chi connectivity index (χ1v) is 20.5. The van der Waals surface area contributed by atoms with Crippen LogP contribution in [0, 0.1) is 48.8 Å². The van der Waals surface area contributed by atoms with E-state index in [1.807, 2.05) is 59.6 Å². The minimum Gasteiger partial charge on any atom is -0.479 e. The highest BCUT2D eigenvalue weighted by Crippen LogP contribution is 2.37. The molecule has 20 heteroatoms. The number of hydrogen-bond donors (Lipinski definition) is 0. The Morgan fingerprint density at radius 1 is 0.530 bits per heavy atom. The number of aromatic nitrogens is 12. The molecule has 66 heavy (non-hydrogen) atoms. The van der Waals surface area contributed by atoms with Crippen LogP contribution in [-0.2, 0) is 13.1 Å². The molecule has 8 aromatic rings. The molecule has 14 nitrogen and oxygen atoms in total. The van der Waals surface area contributed by atoms with Crippen molar-refractivity contribution in [3.8, 4) is 23.1 Å². The third-order valence-electron chi connectivity index (χ3n) is 11.1. The first-order chi connectivity index (χ1) is 31.9. The number of nitrogens with zero attached hydrogens (tertiary/aromatic N) is 12.